The normalized spacial score (nSPS) is 11.8. The summed E-state index contributed by atoms with van der Waals surface area (Å²) in [5, 5.41) is 0. The fourth-order valence-electron chi connectivity index (χ4n) is 2.52. The maximum absolute atomic E-state index is 12.6. The van der Waals surface area contributed by atoms with Crippen LogP contribution in [0.1, 0.15) is 69.4 Å². The summed E-state index contributed by atoms with van der Waals surface area (Å²) in [7, 11) is 0. The molecule has 0 radical (unpaired) electrons. The van der Waals surface area contributed by atoms with Crippen molar-refractivity contribution < 1.29 is 17.9 Å². The molecule has 132 valence electrons. The standard InChI is InChI=1S/C19H29F3O/c1-2-3-4-8-14-23-15-9-6-5-7-11-17-12-10-13-18(16-17)19(20,21)22/h10,12-13,16H,2-9,11,14-15H2,1H3. The van der Waals surface area contributed by atoms with Gasteiger partial charge in [-0.05, 0) is 37.3 Å². The number of halogens is 3. The Morgan fingerprint density at radius 1 is 0.870 bits per heavy atom. The van der Waals surface area contributed by atoms with E-state index in [4.69, 9.17) is 4.74 Å². The minimum atomic E-state index is -4.25. The largest absolute Gasteiger partial charge is 0.416 e. The van der Waals surface area contributed by atoms with Crippen LogP contribution in [0.4, 0.5) is 13.2 Å². The smallest absolute Gasteiger partial charge is 0.381 e. The first-order valence-corrected chi connectivity index (χ1v) is 8.78. The number of hydrogen-bond donors (Lipinski definition) is 0. The van der Waals surface area contributed by atoms with Crippen LogP contribution in [-0.2, 0) is 17.3 Å². The van der Waals surface area contributed by atoms with Crippen LogP contribution >= 0.6 is 0 Å². The minimum Gasteiger partial charge on any atom is -0.381 e. The summed E-state index contributed by atoms with van der Waals surface area (Å²) < 4.78 is 43.4. The van der Waals surface area contributed by atoms with E-state index in [1.54, 1.807) is 6.07 Å². The van der Waals surface area contributed by atoms with Crippen LogP contribution in [0.15, 0.2) is 24.3 Å². The molecule has 1 nitrogen and oxygen atoms in total. The second-order valence-corrected chi connectivity index (χ2v) is 6.04. The van der Waals surface area contributed by atoms with E-state index in [0.29, 0.717) is 6.42 Å². The van der Waals surface area contributed by atoms with Gasteiger partial charge in [0.2, 0.25) is 0 Å². The van der Waals surface area contributed by atoms with Crippen LogP contribution in [0.3, 0.4) is 0 Å². The van der Waals surface area contributed by atoms with Crippen molar-refractivity contribution in [3.8, 4) is 0 Å². The maximum Gasteiger partial charge on any atom is 0.416 e. The van der Waals surface area contributed by atoms with Crippen molar-refractivity contribution >= 4 is 0 Å². The van der Waals surface area contributed by atoms with E-state index in [-0.39, 0.29) is 0 Å². The van der Waals surface area contributed by atoms with Crippen LogP contribution in [-0.4, -0.2) is 13.2 Å². The van der Waals surface area contributed by atoms with Crippen molar-refractivity contribution in [1.82, 2.24) is 0 Å². The zero-order chi connectivity index (χ0) is 17.0. The molecular weight excluding hydrogens is 301 g/mol. The average Bonchev–Trinajstić information content (AvgIpc) is 2.52. The summed E-state index contributed by atoms with van der Waals surface area (Å²) in [6, 6.07) is 5.65. The van der Waals surface area contributed by atoms with E-state index < -0.39 is 11.7 Å². The Kier molecular flexibility index (Phi) is 10.0. The molecule has 0 heterocycles. The molecule has 1 rings (SSSR count). The number of unbranched alkanes of at least 4 members (excludes halogenated alkanes) is 6. The molecule has 1 aromatic carbocycles. The van der Waals surface area contributed by atoms with Gasteiger partial charge in [0.15, 0.2) is 0 Å². The highest BCUT2D eigenvalue weighted by molar-refractivity contribution is 5.25. The van der Waals surface area contributed by atoms with Gasteiger partial charge in [-0.3, -0.25) is 0 Å². The Bertz CT molecular complexity index is 415. The second kappa shape index (κ2) is 11.5. The van der Waals surface area contributed by atoms with Crippen LogP contribution in [0, 0.1) is 0 Å². The first kappa shape index (κ1) is 20.0. The first-order valence-electron chi connectivity index (χ1n) is 8.78. The van der Waals surface area contributed by atoms with Crippen molar-refractivity contribution in [2.24, 2.45) is 0 Å². The summed E-state index contributed by atoms with van der Waals surface area (Å²) >= 11 is 0. The fourth-order valence-corrected chi connectivity index (χ4v) is 2.52. The number of benzene rings is 1. The summed E-state index contributed by atoms with van der Waals surface area (Å²) in [6.07, 6.45) is 5.45. The molecule has 0 unspecified atom stereocenters. The lowest BCUT2D eigenvalue weighted by atomic mass is 10.0. The van der Waals surface area contributed by atoms with Gasteiger partial charge in [0.05, 0.1) is 5.56 Å². The molecule has 0 bridgehead atoms. The van der Waals surface area contributed by atoms with E-state index in [1.807, 2.05) is 0 Å². The van der Waals surface area contributed by atoms with E-state index in [1.165, 1.54) is 31.4 Å². The number of ether oxygens (including phenoxy) is 1. The number of rotatable bonds is 12. The summed E-state index contributed by atoms with van der Waals surface area (Å²) in [4.78, 5) is 0. The number of aryl methyl sites for hydroxylation is 1. The van der Waals surface area contributed by atoms with Crippen LogP contribution in [0.25, 0.3) is 0 Å². The summed E-state index contributed by atoms with van der Waals surface area (Å²) in [5.41, 5.74) is 0.221. The summed E-state index contributed by atoms with van der Waals surface area (Å²) in [6.45, 7) is 3.85. The molecule has 23 heavy (non-hydrogen) atoms. The zero-order valence-corrected chi connectivity index (χ0v) is 14.1. The Morgan fingerprint density at radius 3 is 2.17 bits per heavy atom. The third-order valence-electron chi connectivity index (χ3n) is 3.90. The predicted molar refractivity (Wildman–Crippen MR) is 88.6 cm³/mol. The molecule has 1 aromatic rings. The van der Waals surface area contributed by atoms with Crippen molar-refractivity contribution in [2.45, 2.75) is 70.9 Å². The SMILES string of the molecule is CCCCCCOCCCCCCc1cccc(C(F)(F)F)c1. The van der Waals surface area contributed by atoms with Crippen molar-refractivity contribution in [3.63, 3.8) is 0 Å². The molecule has 0 N–H and O–H groups in total. The van der Waals surface area contributed by atoms with Crippen LogP contribution in [0.5, 0.6) is 0 Å². The molecule has 0 aliphatic rings. The number of alkyl halides is 3. The van der Waals surface area contributed by atoms with Crippen molar-refractivity contribution in [2.75, 3.05) is 13.2 Å². The average molecular weight is 330 g/mol. The third kappa shape index (κ3) is 9.65. The molecule has 0 aliphatic heterocycles. The monoisotopic (exact) mass is 330 g/mol. The molecule has 0 spiro atoms. The maximum atomic E-state index is 12.6. The van der Waals surface area contributed by atoms with E-state index in [9.17, 15) is 13.2 Å². The zero-order valence-electron chi connectivity index (χ0n) is 14.1. The topological polar surface area (TPSA) is 9.23 Å². The van der Waals surface area contributed by atoms with E-state index in [0.717, 1.165) is 56.9 Å². The lowest BCUT2D eigenvalue weighted by Crippen LogP contribution is -2.05. The highest BCUT2D eigenvalue weighted by Crippen LogP contribution is 2.29. The highest BCUT2D eigenvalue weighted by atomic mass is 19.4. The quantitative estimate of drug-likeness (QED) is 0.403. The minimum absolute atomic E-state index is 0.550. The Labute approximate surface area is 138 Å². The molecule has 0 amide bonds. The molecule has 0 aliphatic carbocycles. The molecule has 0 aromatic heterocycles. The van der Waals surface area contributed by atoms with E-state index >= 15 is 0 Å². The molecule has 0 fully saturated rings. The lowest BCUT2D eigenvalue weighted by Gasteiger charge is -2.08. The van der Waals surface area contributed by atoms with Crippen LogP contribution in [0.2, 0.25) is 0 Å². The third-order valence-corrected chi connectivity index (χ3v) is 3.90. The van der Waals surface area contributed by atoms with Crippen molar-refractivity contribution in [3.05, 3.63) is 35.4 Å². The Hall–Kier alpha value is -1.03. The van der Waals surface area contributed by atoms with Gasteiger partial charge < -0.3 is 4.74 Å². The van der Waals surface area contributed by atoms with Gasteiger partial charge >= 0.3 is 6.18 Å². The Balaban J connectivity index is 2.03. The second-order valence-electron chi connectivity index (χ2n) is 6.04. The molecule has 0 atom stereocenters. The number of hydrogen-bond acceptors (Lipinski definition) is 1. The first-order chi connectivity index (χ1) is 11.0. The molecule has 0 saturated carbocycles. The van der Waals surface area contributed by atoms with Gasteiger partial charge in [0.25, 0.3) is 0 Å². The highest BCUT2D eigenvalue weighted by Gasteiger charge is 2.30. The van der Waals surface area contributed by atoms with Gasteiger partial charge in [0.1, 0.15) is 0 Å². The predicted octanol–water partition coefficient (Wildman–Crippen LogP) is 6.41. The van der Waals surface area contributed by atoms with Gasteiger partial charge in [0, 0.05) is 13.2 Å². The van der Waals surface area contributed by atoms with Gasteiger partial charge in [-0.2, -0.15) is 13.2 Å². The fraction of sp³-hybridized carbons (Fsp3) is 0.684. The Morgan fingerprint density at radius 2 is 1.52 bits per heavy atom. The van der Waals surface area contributed by atoms with E-state index in [2.05, 4.69) is 6.92 Å². The van der Waals surface area contributed by atoms with Crippen LogP contribution < -0.4 is 0 Å². The van der Waals surface area contributed by atoms with Gasteiger partial charge in [-0.15, -0.1) is 0 Å². The molecule has 4 heteroatoms. The van der Waals surface area contributed by atoms with Gasteiger partial charge in [-0.25, -0.2) is 0 Å². The summed E-state index contributed by atoms with van der Waals surface area (Å²) in [5.74, 6) is 0. The molecular formula is C19H29F3O. The lowest BCUT2D eigenvalue weighted by molar-refractivity contribution is -0.137. The van der Waals surface area contributed by atoms with Crippen molar-refractivity contribution in [1.29, 1.82) is 0 Å². The van der Waals surface area contributed by atoms with Gasteiger partial charge in [-0.1, -0.05) is 57.2 Å². The molecule has 0 saturated heterocycles.